The van der Waals surface area contributed by atoms with Crippen molar-refractivity contribution in [3.63, 3.8) is 0 Å². The molecule has 2 N–H and O–H groups in total. The Bertz CT molecular complexity index is 1290. The van der Waals surface area contributed by atoms with E-state index in [4.69, 9.17) is 19.9 Å². The van der Waals surface area contributed by atoms with E-state index < -0.39 is 11.9 Å². The molecule has 166 valence electrons. The Kier molecular flexibility index (Phi) is 6.38. The van der Waals surface area contributed by atoms with Crippen molar-refractivity contribution in [1.29, 1.82) is 5.26 Å². The molecule has 7 heteroatoms. The summed E-state index contributed by atoms with van der Waals surface area (Å²) in [6, 6.07) is 20.6. The number of aryl methyl sites for hydroxylation is 2. The monoisotopic (exact) mass is 504 g/mol. The van der Waals surface area contributed by atoms with Gasteiger partial charge in [-0.25, -0.2) is 4.79 Å². The van der Waals surface area contributed by atoms with Crippen molar-refractivity contribution in [2.45, 2.75) is 19.8 Å². The minimum Gasteiger partial charge on any atom is -0.481 e. The second-order valence-electron chi connectivity index (χ2n) is 7.63. The molecule has 0 spiro atoms. The van der Waals surface area contributed by atoms with Gasteiger partial charge in [-0.1, -0.05) is 58.4 Å². The maximum absolute atomic E-state index is 12.4. The molecule has 0 aromatic heterocycles. The molecule has 0 amide bonds. The number of hydrogen-bond donors (Lipinski definition) is 1. The lowest BCUT2D eigenvalue weighted by Crippen LogP contribution is -2.22. The van der Waals surface area contributed by atoms with Gasteiger partial charge in [0.05, 0.1) is 5.92 Å². The van der Waals surface area contributed by atoms with Gasteiger partial charge in [-0.3, -0.25) is 0 Å². The van der Waals surface area contributed by atoms with Crippen LogP contribution in [0.3, 0.4) is 0 Å². The molecule has 33 heavy (non-hydrogen) atoms. The number of ether oxygens (including phenoxy) is 3. The highest BCUT2D eigenvalue weighted by Gasteiger charge is 2.32. The largest absolute Gasteiger partial charge is 0.481 e. The van der Waals surface area contributed by atoms with Gasteiger partial charge in [0.1, 0.15) is 28.9 Å². The molecule has 3 aromatic carbocycles. The second kappa shape index (κ2) is 9.39. The number of carbonyl (C=O) groups excluding carboxylic acids is 1. The summed E-state index contributed by atoms with van der Waals surface area (Å²) in [6.07, 6.45) is 0. The van der Waals surface area contributed by atoms with Crippen molar-refractivity contribution in [1.82, 2.24) is 0 Å². The average Bonchev–Trinajstić information content (AvgIpc) is 2.78. The van der Waals surface area contributed by atoms with Crippen LogP contribution in [0.2, 0.25) is 0 Å². The van der Waals surface area contributed by atoms with E-state index in [0.29, 0.717) is 22.8 Å². The predicted octanol–water partition coefficient (Wildman–Crippen LogP) is 5.27. The van der Waals surface area contributed by atoms with Crippen LogP contribution in [0.4, 0.5) is 0 Å². The third-order valence-corrected chi connectivity index (χ3v) is 6.10. The van der Waals surface area contributed by atoms with Crippen molar-refractivity contribution in [2.75, 3.05) is 6.61 Å². The Hall–Kier alpha value is -3.76. The zero-order chi connectivity index (χ0) is 23.5. The highest BCUT2D eigenvalue weighted by atomic mass is 79.9. The van der Waals surface area contributed by atoms with Crippen molar-refractivity contribution in [2.24, 2.45) is 5.73 Å². The van der Waals surface area contributed by atoms with Crippen LogP contribution in [0.15, 0.2) is 76.6 Å². The zero-order valence-corrected chi connectivity index (χ0v) is 19.7. The fraction of sp³-hybridized carbons (Fsp3) is 0.154. The first-order valence-corrected chi connectivity index (χ1v) is 11.0. The van der Waals surface area contributed by atoms with E-state index in [-0.39, 0.29) is 12.5 Å². The van der Waals surface area contributed by atoms with E-state index in [1.807, 2.05) is 56.3 Å². The SMILES string of the molecule is Cc1cccc(C)c1OCC(=O)Oc1ccc2c(c1)OC(N)=C(C#N)C2c1ccccc1Br. The fourth-order valence-corrected chi connectivity index (χ4v) is 4.36. The molecule has 0 bridgehead atoms. The Morgan fingerprint density at radius 1 is 1.09 bits per heavy atom. The number of nitrogens with zero attached hydrogens (tertiary/aromatic N) is 1. The summed E-state index contributed by atoms with van der Waals surface area (Å²) in [5, 5.41) is 9.71. The maximum Gasteiger partial charge on any atom is 0.349 e. The number of allylic oxidation sites excluding steroid dienone is 1. The molecule has 0 saturated heterocycles. The number of fused-ring (bicyclic) bond motifs is 1. The lowest BCUT2D eigenvalue weighted by molar-refractivity contribution is -0.136. The molecule has 1 aliphatic rings. The van der Waals surface area contributed by atoms with Crippen molar-refractivity contribution in [3.8, 4) is 23.3 Å². The van der Waals surface area contributed by atoms with Gasteiger partial charge >= 0.3 is 5.97 Å². The Morgan fingerprint density at radius 3 is 2.52 bits per heavy atom. The molecule has 0 radical (unpaired) electrons. The summed E-state index contributed by atoms with van der Waals surface area (Å²) < 4.78 is 17.7. The number of carbonyl (C=O) groups is 1. The summed E-state index contributed by atoms with van der Waals surface area (Å²) in [4.78, 5) is 12.4. The molecule has 6 nitrogen and oxygen atoms in total. The van der Waals surface area contributed by atoms with Gasteiger partial charge in [0.25, 0.3) is 0 Å². The van der Waals surface area contributed by atoms with E-state index in [9.17, 15) is 10.1 Å². The van der Waals surface area contributed by atoms with Crippen molar-refractivity contribution in [3.05, 3.63) is 98.8 Å². The van der Waals surface area contributed by atoms with Gasteiger partial charge in [-0.2, -0.15) is 5.26 Å². The highest BCUT2D eigenvalue weighted by molar-refractivity contribution is 9.10. The van der Waals surface area contributed by atoms with E-state index in [1.165, 1.54) is 0 Å². The molecular formula is C26H21BrN2O4. The summed E-state index contributed by atoms with van der Waals surface area (Å²) in [5.74, 6) is 0.452. The average molecular weight is 505 g/mol. The first kappa shape index (κ1) is 22.4. The van der Waals surface area contributed by atoms with Gasteiger partial charge in [0, 0.05) is 16.1 Å². The number of nitriles is 1. The van der Waals surface area contributed by atoms with Crippen LogP contribution >= 0.6 is 15.9 Å². The normalized spacial score (nSPS) is 14.7. The Morgan fingerprint density at radius 2 is 1.82 bits per heavy atom. The lowest BCUT2D eigenvalue weighted by Gasteiger charge is -2.27. The van der Waals surface area contributed by atoms with Crippen LogP contribution in [0, 0.1) is 25.2 Å². The number of rotatable bonds is 5. The standard InChI is InChI=1S/C26H21BrN2O4/c1-15-6-5-7-16(2)25(15)31-14-23(30)32-17-10-11-19-22(12-17)33-26(29)20(13-28)24(19)18-8-3-4-9-21(18)27/h3-12,24H,14,29H2,1-2H3. The van der Waals surface area contributed by atoms with Gasteiger partial charge < -0.3 is 19.9 Å². The van der Waals surface area contributed by atoms with Crippen LogP contribution < -0.4 is 19.9 Å². The number of hydrogen-bond acceptors (Lipinski definition) is 6. The maximum atomic E-state index is 12.4. The first-order chi connectivity index (χ1) is 15.9. The van der Waals surface area contributed by atoms with E-state index in [1.54, 1.807) is 18.2 Å². The molecule has 4 rings (SSSR count). The number of nitrogens with two attached hydrogens (primary N) is 1. The lowest BCUT2D eigenvalue weighted by atomic mass is 9.83. The molecule has 0 fully saturated rings. The summed E-state index contributed by atoms with van der Waals surface area (Å²) in [5.41, 5.74) is 9.90. The quantitative estimate of drug-likeness (QED) is 0.375. The summed E-state index contributed by atoms with van der Waals surface area (Å²) >= 11 is 3.56. The molecule has 0 saturated carbocycles. The summed E-state index contributed by atoms with van der Waals surface area (Å²) in [7, 11) is 0. The van der Waals surface area contributed by atoms with E-state index in [0.717, 1.165) is 26.7 Å². The Labute approximate surface area is 200 Å². The number of benzene rings is 3. The summed E-state index contributed by atoms with van der Waals surface area (Å²) in [6.45, 7) is 3.61. The molecule has 3 aromatic rings. The molecule has 1 aliphatic heterocycles. The molecule has 1 heterocycles. The van der Waals surface area contributed by atoms with Crippen LogP contribution in [-0.4, -0.2) is 12.6 Å². The fourth-order valence-electron chi connectivity index (χ4n) is 3.85. The number of para-hydroxylation sites is 1. The van der Waals surface area contributed by atoms with Crippen LogP contribution in [0.1, 0.15) is 28.2 Å². The minimum atomic E-state index is -0.544. The van der Waals surface area contributed by atoms with Crippen LogP contribution in [0.5, 0.6) is 17.2 Å². The van der Waals surface area contributed by atoms with Crippen LogP contribution in [-0.2, 0) is 4.79 Å². The van der Waals surface area contributed by atoms with Crippen molar-refractivity contribution < 1.29 is 19.0 Å². The zero-order valence-electron chi connectivity index (χ0n) is 18.1. The Balaban J connectivity index is 1.57. The van der Waals surface area contributed by atoms with Crippen LogP contribution in [0.25, 0.3) is 0 Å². The molecule has 1 atom stereocenters. The van der Waals surface area contributed by atoms with E-state index >= 15 is 0 Å². The predicted molar refractivity (Wildman–Crippen MR) is 127 cm³/mol. The second-order valence-corrected chi connectivity index (χ2v) is 8.48. The van der Waals surface area contributed by atoms with Gasteiger partial charge in [0.15, 0.2) is 6.61 Å². The topological polar surface area (TPSA) is 94.6 Å². The number of esters is 1. The van der Waals surface area contributed by atoms with E-state index in [2.05, 4.69) is 22.0 Å². The number of halogens is 1. The minimum absolute atomic E-state index is 0.0209. The third kappa shape index (κ3) is 4.57. The molecular weight excluding hydrogens is 484 g/mol. The smallest absolute Gasteiger partial charge is 0.349 e. The third-order valence-electron chi connectivity index (χ3n) is 5.38. The first-order valence-electron chi connectivity index (χ1n) is 10.2. The molecule has 1 unspecified atom stereocenters. The van der Waals surface area contributed by atoms with Crippen molar-refractivity contribution >= 4 is 21.9 Å². The van der Waals surface area contributed by atoms with Gasteiger partial charge in [-0.15, -0.1) is 0 Å². The highest BCUT2D eigenvalue weighted by Crippen LogP contribution is 2.45. The molecule has 0 aliphatic carbocycles. The van der Waals surface area contributed by atoms with Gasteiger partial charge in [0.2, 0.25) is 5.88 Å². The van der Waals surface area contributed by atoms with Gasteiger partial charge in [-0.05, 0) is 42.7 Å².